The van der Waals surface area contributed by atoms with Gasteiger partial charge in [-0.05, 0) is 44.0 Å². The van der Waals surface area contributed by atoms with Gasteiger partial charge in [0.25, 0.3) is 5.91 Å². The number of likely N-dealkylation sites (tertiary alicyclic amines) is 1. The molecule has 22 heavy (non-hydrogen) atoms. The van der Waals surface area contributed by atoms with E-state index in [0.29, 0.717) is 31.5 Å². The molecule has 2 rings (SSSR count). The third-order valence-corrected chi connectivity index (χ3v) is 3.91. The second-order valence-corrected chi connectivity index (χ2v) is 6.51. The number of hydrogen-bond donors (Lipinski definition) is 0. The van der Waals surface area contributed by atoms with Crippen molar-refractivity contribution in [3.63, 3.8) is 0 Å². The zero-order valence-electron chi connectivity index (χ0n) is 12.0. The fraction of sp³-hybridized carbons (Fsp3) is 0.467. The molecule has 7 heteroatoms. The van der Waals surface area contributed by atoms with Crippen molar-refractivity contribution >= 4 is 34.3 Å². The maximum Gasteiger partial charge on any atom is 0.451 e. The summed E-state index contributed by atoms with van der Waals surface area (Å²) >= 11 is 0.886. The lowest BCUT2D eigenvalue weighted by Crippen LogP contribution is -2.39. The topological polar surface area (TPSA) is 46.6 Å². The minimum Gasteiger partial charge on any atom is -0.425 e. The molecule has 0 atom stereocenters. The lowest BCUT2D eigenvalue weighted by atomic mass is 9.93. The van der Waals surface area contributed by atoms with Gasteiger partial charge < -0.3 is 9.64 Å². The molecule has 1 fully saturated rings. The standard InChI is InChI=1S/C15H16F2INO3/c1-10(20)11-6-8-19(9-7-11)14(21)12-2-4-13(5-3-12)22-15(16,17)18/h2-5,11H,6-9H2,1H3. The number of rotatable bonds is 4. The van der Waals surface area contributed by atoms with Crippen molar-refractivity contribution in [1.29, 1.82) is 0 Å². The van der Waals surface area contributed by atoms with Gasteiger partial charge in [0.05, 0.1) is 22.6 Å². The first-order chi connectivity index (χ1) is 10.3. The molecule has 1 amide bonds. The van der Waals surface area contributed by atoms with Crippen molar-refractivity contribution in [2.75, 3.05) is 13.1 Å². The van der Waals surface area contributed by atoms with E-state index >= 15 is 0 Å². The SMILES string of the molecule is CC(=O)C1CCN(C(=O)c2ccc(OC(F)(F)I)cc2)CC1. The van der Waals surface area contributed by atoms with Crippen LogP contribution in [-0.2, 0) is 4.79 Å². The number of amides is 1. The molecule has 1 heterocycles. The van der Waals surface area contributed by atoms with Crippen molar-refractivity contribution in [3.05, 3.63) is 29.8 Å². The molecule has 0 aromatic heterocycles. The molecular weight excluding hydrogens is 407 g/mol. The molecule has 1 aromatic rings. The zero-order valence-corrected chi connectivity index (χ0v) is 14.2. The lowest BCUT2D eigenvalue weighted by molar-refractivity contribution is -0.121. The summed E-state index contributed by atoms with van der Waals surface area (Å²) in [4.78, 5) is 25.3. The van der Waals surface area contributed by atoms with Crippen LogP contribution in [0, 0.1) is 5.92 Å². The number of piperidine rings is 1. The predicted molar refractivity (Wildman–Crippen MR) is 85.3 cm³/mol. The van der Waals surface area contributed by atoms with Crippen LogP contribution in [0.5, 0.6) is 5.75 Å². The Morgan fingerprint density at radius 2 is 1.77 bits per heavy atom. The normalized spacial score (nSPS) is 16.5. The highest BCUT2D eigenvalue weighted by Gasteiger charge is 2.27. The van der Waals surface area contributed by atoms with Crippen molar-refractivity contribution in [2.45, 2.75) is 23.9 Å². The number of benzene rings is 1. The summed E-state index contributed by atoms with van der Waals surface area (Å²) in [5, 5.41) is 0. The molecule has 120 valence electrons. The number of ether oxygens (including phenoxy) is 1. The largest absolute Gasteiger partial charge is 0.451 e. The second kappa shape index (κ2) is 6.89. The first kappa shape index (κ1) is 17.1. The van der Waals surface area contributed by atoms with Crippen LogP contribution in [-0.4, -0.2) is 33.8 Å². The molecule has 0 radical (unpaired) electrons. The maximum atomic E-state index is 12.7. The van der Waals surface area contributed by atoms with Gasteiger partial charge in [0, 0.05) is 24.6 Å². The highest BCUT2D eigenvalue weighted by molar-refractivity contribution is 14.1. The van der Waals surface area contributed by atoms with Gasteiger partial charge in [-0.3, -0.25) is 9.59 Å². The summed E-state index contributed by atoms with van der Waals surface area (Å²) in [5.41, 5.74) is 0.422. The molecule has 0 unspecified atom stereocenters. The smallest absolute Gasteiger partial charge is 0.425 e. The van der Waals surface area contributed by atoms with Gasteiger partial charge in [0.15, 0.2) is 0 Å². The highest BCUT2D eigenvalue weighted by atomic mass is 127. The summed E-state index contributed by atoms with van der Waals surface area (Å²) in [6.45, 7) is 2.64. The van der Waals surface area contributed by atoms with Crippen molar-refractivity contribution in [1.82, 2.24) is 4.90 Å². The van der Waals surface area contributed by atoms with E-state index in [1.54, 1.807) is 11.8 Å². The molecule has 0 spiro atoms. The number of alkyl halides is 3. The first-order valence-corrected chi connectivity index (χ1v) is 7.99. The summed E-state index contributed by atoms with van der Waals surface area (Å²) in [6.07, 6.45) is 1.34. The first-order valence-electron chi connectivity index (χ1n) is 6.92. The van der Waals surface area contributed by atoms with Crippen molar-refractivity contribution < 1.29 is 23.1 Å². The lowest BCUT2D eigenvalue weighted by Gasteiger charge is -2.31. The molecule has 0 bridgehead atoms. The number of ketones is 1. The second-order valence-electron chi connectivity index (χ2n) is 5.25. The van der Waals surface area contributed by atoms with Crippen LogP contribution in [0.25, 0.3) is 0 Å². The van der Waals surface area contributed by atoms with E-state index in [1.807, 2.05) is 0 Å². The average Bonchev–Trinajstić information content (AvgIpc) is 2.46. The minimum absolute atomic E-state index is 0.00578. The van der Waals surface area contributed by atoms with Crippen molar-refractivity contribution in [3.8, 4) is 5.75 Å². The Morgan fingerprint density at radius 3 is 2.23 bits per heavy atom. The van der Waals surface area contributed by atoms with E-state index in [1.165, 1.54) is 24.3 Å². The zero-order chi connectivity index (χ0) is 16.3. The van der Waals surface area contributed by atoms with E-state index in [4.69, 9.17) is 0 Å². The van der Waals surface area contributed by atoms with Gasteiger partial charge in [-0.15, -0.1) is 0 Å². The van der Waals surface area contributed by atoms with E-state index < -0.39 is 4.12 Å². The van der Waals surface area contributed by atoms with Gasteiger partial charge in [0.2, 0.25) is 0 Å². The summed E-state index contributed by atoms with van der Waals surface area (Å²) in [5.74, 6) is 0.0417. The summed E-state index contributed by atoms with van der Waals surface area (Å²) in [6, 6.07) is 5.64. The Hall–Kier alpha value is -1.25. The number of nitrogens with zero attached hydrogens (tertiary/aromatic N) is 1. The molecule has 0 aliphatic carbocycles. The van der Waals surface area contributed by atoms with Crippen LogP contribution in [0.1, 0.15) is 30.1 Å². The van der Waals surface area contributed by atoms with E-state index in [0.717, 1.165) is 22.6 Å². The number of Topliss-reactive ketones (excluding diaryl/α,β-unsaturated/α-hetero) is 1. The van der Waals surface area contributed by atoms with Crippen LogP contribution < -0.4 is 4.74 Å². The molecule has 1 saturated heterocycles. The molecule has 0 saturated carbocycles. The van der Waals surface area contributed by atoms with Crippen LogP contribution in [0.15, 0.2) is 24.3 Å². The van der Waals surface area contributed by atoms with Crippen LogP contribution in [0.3, 0.4) is 0 Å². The predicted octanol–water partition coefficient (Wildman–Crippen LogP) is 3.49. The molecular formula is C15H16F2INO3. The Bertz CT molecular complexity index is 549. The minimum atomic E-state index is -3.28. The summed E-state index contributed by atoms with van der Waals surface area (Å²) < 4.78 is 26.6. The van der Waals surface area contributed by atoms with Crippen LogP contribution >= 0.6 is 22.6 Å². The van der Waals surface area contributed by atoms with Crippen LogP contribution in [0.2, 0.25) is 0 Å². The van der Waals surface area contributed by atoms with Crippen LogP contribution in [0.4, 0.5) is 8.78 Å². The van der Waals surface area contributed by atoms with E-state index in [-0.39, 0.29) is 23.4 Å². The fourth-order valence-electron chi connectivity index (χ4n) is 2.47. The van der Waals surface area contributed by atoms with Gasteiger partial charge in [-0.2, -0.15) is 8.78 Å². The molecule has 1 aliphatic rings. The molecule has 4 nitrogen and oxygen atoms in total. The number of hydrogen-bond acceptors (Lipinski definition) is 3. The molecule has 1 aromatic carbocycles. The van der Waals surface area contributed by atoms with Gasteiger partial charge >= 0.3 is 4.12 Å². The van der Waals surface area contributed by atoms with Gasteiger partial charge in [-0.1, -0.05) is 0 Å². The molecule has 1 aliphatic heterocycles. The number of halogens is 3. The Balaban J connectivity index is 1.97. The van der Waals surface area contributed by atoms with E-state index in [9.17, 15) is 18.4 Å². The van der Waals surface area contributed by atoms with Gasteiger partial charge in [-0.25, -0.2) is 0 Å². The number of carbonyl (C=O) groups excluding carboxylic acids is 2. The van der Waals surface area contributed by atoms with Gasteiger partial charge in [0.1, 0.15) is 11.5 Å². The van der Waals surface area contributed by atoms with E-state index in [2.05, 4.69) is 4.74 Å². The monoisotopic (exact) mass is 423 g/mol. The average molecular weight is 423 g/mol. The van der Waals surface area contributed by atoms with Crippen molar-refractivity contribution in [2.24, 2.45) is 5.92 Å². The fourth-order valence-corrected chi connectivity index (χ4v) is 2.73. The third kappa shape index (κ3) is 4.62. The molecule has 0 N–H and O–H groups in total. The number of carbonyl (C=O) groups is 2. The quantitative estimate of drug-likeness (QED) is 0.551. The maximum absolute atomic E-state index is 12.7. The highest BCUT2D eigenvalue weighted by Crippen LogP contribution is 2.28. The Morgan fingerprint density at radius 1 is 1.23 bits per heavy atom. The Kier molecular flexibility index (Phi) is 5.36. The third-order valence-electron chi connectivity index (χ3n) is 3.69. The Labute approximate surface area is 140 Å². The summed E-state index contributed by atoms with van der Waals surface area (Å²) in [7, 11) is 0.